The van der Waals surface area contributed by atoms with E-state index >= 15 is 0 Å². The van der Waals surface area contributed by atoms with Crippen LogP contribution in [0.1, 0.15) is 11.6 Å². The first-order valence-electron chi connectivity index (χ1n) is 6.00. The minimum Gasteiger partial charge on any atom is -0.505 e. The fraction of sp³-hybridized carbons (Fsp3) is 0.500. The number of phenols is 1. The van der Waals surface area contributed by atoms with E-state index in [0.717, 1.165) is 12.1 Å². The lowest BCUT2D eigenvalue weighted by molar-refractivity contribution is -0.187. The van der Waals surface area contributed by atoms with Gasteiger partial charge in [-0.2, -0.15) is 13.2 Å². The Kier molecular flexibility index (Phi) is 6.43. The number of nitrogens with zero attached hydrogens (tertiary/aromatic N) is 1. The quantitative estimate of drug-likeness (QED) is 0.840. The van der Waals surface area contributed by atoms with Crippen molar-refractivity contribution in [1.82, 2.24) is 10.2 Å². The van der Waals surface area contributed by atoms with Gasteiger partial charge in [-0.05, 0) is 17.7 Å². The highest BCUT2D eigenvalue weighted by Gasteiger charge is 2.45. The number of hydrogen-bond donors (Lipinski definition) is 2. The molecule has 0 unspecified atom stereocenters. The fourth-order valence-corrected chi connectivity index (χ4v) is 2.79. The van der Waals surface area contributed by atoms with Gasteiger partial charge < -0.3 is 10.4 Å². The van der Waals surface area contributed by atoms with Gasteiger partial charge in [-0.25, -0.2) is 0 Å². The van der Waals surface area contributed by atoms with Gasteiger partial charge >= 0.3 is 6.18 Å². The van der Waals surface area contributed by atoms with Crippen molar-refractivity contribution in [3.8, 4) is 5.75 Å². The second-order valence-electron chi connectivity index (χ2n) is 4.56. The number of rotatable bonds is 2. The zero-order valence-corrected chi connectivity index (χ0v) is 13.1. The summed E-state index contributed by atoms with van der Waals surface area (Å²) in [4.78, 5) is 1.33. The van der Waals surface area contributed by atoms with E-state index in [4.69, 9.17) is 23.2 Å². The molecule has 9 heteroatoms. The highest BCUT2D eigenvalue weighted by Crippen LogP contribution is 2.42. The summed E-state index contributed by atoms with van der Waals surface area (Å²) in [6.07, 6.45) is -4.44. The van der Waals surface area contributed by atoms with E-state index in [9.17, 15) is 18.3 Å². The van der Waals surface area contributed by atoms with Crippen LogP contribution in [0.4, 0.5) is 13.2 Å². The fourth-order valence-electron chi connectivity index (χ4n) is 2.29. The molecule has 3 nitrogen and oxygen atoms in total. The molecule has 0 aromatic heterocycles. The summed E-state index contributed by atoms with van der Waals surface area (Å²) >= 11 is 11.4. The van der Waals surface area contributed by atoms with Crippen LogP contribution in [0.3, 0.4) is 0 Å². The van der Waals surface area contributed by atoms with Gasteiger partial charge in [-0.3, -0.25) is 4.90 Å². The Bertz CT molecular complexity index is 470. The number of piperazine rings is 1. The van der Waals surface area contributed by atoms with Gasteiger partial charge in [0.2, 0.25) is 0 Å². The summed E-state index contributed by atoms with van der Waals surface area (Å²) in [6, 6.07) is 0.451. The molecule has 0 bridgehead atoms. The standard InChI is InChI=1S/C12H13Cl2F3N2O.ClH/c13-8-5-7(6-9(14)10(8)20)11(12(15,16)17)19-3-1-18-2-4-19;/h5-6,11,18,20H,1-4H2;1H/t11-;/m0./s1. The van der Waals surface area contributed by atoms with Gasteiger partial charge in [-0.15, -0.1) is 12.4 Å². The van der Waals surface area contributed by atoms with Crippen molar-refractivity contribution in [2.75, 3.05) is 26.2 Å². The molecule has 0 aliphatic carbocycles. The molecule has 2 N–H and O–H groups in total. The van der Waals surface area contributed by atoms with Crippen molar-refractivity contribution >= 4 is 35.6 Å². The Labute approximate surface area is 136 Å². The van der Waals surface area contributed by atoms with Crippen LogP contribution in [0.2, 0.25) is 10.0 Å². The topological polar surface area (TPSA) is 35.5 Å². The average molecular weight is 366 g/mol. The molecule has 1 aromatic carbocycles. The van der Waals surface area contributed by atoms with Crippen LogP contribution in [0.25, 0.3) is 0 Å². The molecule has 0 radical (unpaired) electrons. The van der Waals surface area contributed by atoms with Gasteiger partial charge in [0.25, 0.3) is 0 Å². The lowest BCUT2D eigenvalue weighted by Gasteiger charge is -2.36. The Hall–Kier alpha value is -0.400. The molecular weight excluding hydrogens is 351 g/mol. The summed E-state index contributed by atoms with van der Waals surface area (Å²) < 4.78 is 40.0. The molecule has 1 fully saturated rings. The number of nitrogens with one attached hydrogen (secondary N) is 1. The zero-order chi connectivity index (χ0) is 14.9. The van der Waals surface area contributed by atoms with E-state index in [-0.39, 0.29) is 41.1 Å². The predicted octanol–water partition coefficient (Wildman–Crippen LogP) is 3.63. The average Bonchev–Trinajstić information content (AvgIpc) is 2.35. The third-order valence-electron chi connectivity index (χ3n) is 3.18. The molecule has 1 aromatic rings. The highest BCUT2D eigenvalue weighted by atomic mass is 35.5. The zero-order valence-electron chi connectivity index (χ0n) is 10.8. The smallest absolute Gasteiger partial charge is 0.408 e. The predicted molar refractivity (Wildman–Crippen MR) is 78.6 cm³/mol. The van der Waals surface area contributed by atoms with Crippen molar-refractivity contribution in [3.05, 3.63) is 27.7 Å². The van der Waals surface area contributed by atoms with Crippen LogP contribution in [0.15, 0.2) is 12.1 Å². The van der Waals surface area contributed by atoms with Crippen molar-refractivity contribution in [1.29, 1.82) is 0 Å². The van der Waals surface area contributed by atoms with Gasteiger partial charge in [0.1, 0.15) is 6.04 Å². The largest absolute Gasteiger partial charge is 0.505 e. The Balaban J connectivity index is 0.00000220. The maximum Gasteiger partial charge on any atom is 0.408 e. The molecule has 21 heavy (non-hydrogen) atoms. The number of hydrogen-bond acceptors (Lipinski definition) is 3. The summed E-state index contributed by atoms with van der Waals surface area (Å²) in [5, 5.41) is 12.1. The number of alkyl halides is 3. The first-order valence-corrected chi connectivity index (χ1v) is 6.75. The summed E-state index contributed by atoms with van der Waals surface area (Å²) in [6.45, 7) is 1.54. The molecule has 1 aliphatic heterocycles. The lowest BCUT2D eigenvalue weighted by Crippen LogP contribution is -2.49. The van der Waals surface area contributed by atoms with Gasteiger partial charge in [0, 0.05) is 26.2 Å². The summed E-state index contributed by atoms with van der Waals surface area (Å²) in [5.41, 5.74) is -0.0628. The number of phenolic OH excluding ortho intramolecular Hbond substituents is 1. The normalized spacial score (nSPS) is 18.1. The third kappa shape index (κ3) is 4.29. The van der Waals surface area contributed by atoms with Crippen molar-refractivity contribution in [2.45, 2.75) is 12.2 Å². The van der Waals surface area contributed by atoms with E-state index in [1.807, 2.05) is 0 Å². The van der Waals surface area contributed by atoms with Crippen LogP contribution < -0.4 is 5.32 Å². The SMILES string of the molecule is Cl.Oc1c(Cl)cc([C@H](N2CCNCC2)C(F)(F)F)cc1Cl. The van der Waals surface area contributed by atoms with Crippen LogP contribution >= 0.6 is 35.6 Å². The first kappa shape index (κ1) is 18.6. The van der Waals surface area contributed by atoms with E-state index in [1.165, 1.54) is 4.90 Å². The van der Waals surface area contributed by atoms with Crippen molar-refractivity contribution in [3.63, 3.8) is 0 Å². The Morgan fingerprint density at radius 3 is 2.05 bits per heavy atom. The molecule has 1 aliphatic rings. The number of aromatic hydroxyl groups is 1. The van der Waals surface area contributed by atoms with Crippen LogP contribution in [-0.4, -0.2) is 42.4 Å². The van der Waals surface area contributed by atoms with E-state index in [2.05, 4.69) is 5.32 Å². The highest BCUT2D eigenvalue weighted by molar-refractivity contribution is 6.37. The minimum atomic E-state index is -4.44. The first-order chi connectivity index (χ1) is 9.30. The second kappa shape index (κ2) is 7.24. The monoisotopic (exact) mass is 364 g/mol. The van der Waals surface area contributed by atoms with Crippen LogP contribution in [-0.2, 0) is 0 Å². The van der Waals surface area contributed by atoms with Crippen LogP contribution in [0, 0.1) is 0 Å². The molecule has 120 valence electrons. The molecule has 0 amide bonds. The lowest BCUT2D eigenvalue weighted by atomic mass is 10.0. The maximum absolute atomic E-state index is 13.3. The number of halogens is 6. The molecule has 1 atom stereocenters. The molecular formula is C12H14Cl3F3N2O. The molecule has 0 spiro atoms. The molecule has 1 heterocycles. The Morgan fingerprint density at radius 1 is 1.14 bits per heavy atom. The van der Waals surface area contributed by atoms with E-state index in [1.54, 1.807) is 0 Å². The minimum absolute atomic E-state index is 0. The van der Waals surface area contributed by atoms with Crippen molar-refractivity contribution in [2.24, 2.45) is 0 Å². The van der Waals surface area contributed by atoms with Crippen molar-refractivity contribution < 1.29 is 18.3 Å². The molecule has 0 saturated carbocycles. The summed E-state index contributed by atoms with van der Waals surface area (Å²) in [7, 11) is 0. The van der Waals surface area contributed by atoms with Gasteiger partial charge in [0.15, 0.2) is 5.75 Å². The maximum atomic E-state index is 13.3. The molecule has 1 saturated heterocycles. The van der Waals surface area contributed by atoms with E-state index in [0.29, 0.717) is 13.1 Å². The summed E-state index contributed by atoms with van der Waals surface area (Å²) in [5.74, 6) is -0.404. The number of benzene rings is 1. The van der Waals surface area contributed by atoms with E-state index < -0.39 is 18.0 Å². The van der Waals surface area contributed by atoms with Gasteiger partial charge in [0.05, 0.1) is 10.0 Å². The Morgan fingerprint density at radius 2 is 1.62 bits per heavy atom. The molecule has 2 rings (SSSR count). The second-order valence-corrected chi connectivity index (χ2v) is 5.38. The van der Waals surface area contributed by atoms with Gasteiger partial charge in [-0.1, -0.05) is 23.2 Å². The third-order valence-corrected chi connectivity index (χ3v) is 3.76. The van der Waals surface area contributed by atoms with Crippen LogP contribution in [0.5, 0.6) is 5.75 Å².